The van der Waals surface area contributed by atoms with Crippen molar-refractivity contribution in [3.63, 3.8) is 0 Å². The van der Waals surface area contributed by atoms with E-state index in [-0.39, 0.29) is 0 Å². The first-order valence-corrected chi connectivity index (χ1v) is 17.9. The lowest BCUT2D eigenvalue weighted by molar-refractivity contribution is 0.654. The fraction of sp³-hybridized carbons (Fsp3) is 0.125. The second kappa shape index (κ2) is 12.4. The van der Waals surface area contributed by atoms with Gasteiger partial charge in [0.2, 0.25) is 0 Å². The van der Waals surface area contributed by atoms with Crippen molar-refractivity contribution in [2.45, 2.75) is 40.0 Å². The molecule has 1 unspecified atom stereocenters. The van der Waals surface area contributed by atoms with Crippen LogP contribution >= 0.6 is 0 Å². The quantitative estimate of drug-likeness (QED) is 0.188. The Kier molecular flexibility index (Phi) is 7.51. The number of hydrogen-bond donors (Lipinski definition) is 0. The van der Waals surface area contributed by atoms with Gasteiger partial charge in [-0.05, 0) is 90.4 Å². The highest BCUT2D eigenvalue weighted by atomic mass is 16.3. The number of hydrogen-bond acceptors (Lipinski definition) is 2. The van der Waals surface area contributed by atoms with Crippen molar-refractivity contribution in [2.75, 3.05) is 0 Å². The molecule has 0 spiro atoms. The van der Waals surface area contributed by atoms with Crippen molar-refractivity contribution in [1.82, 2.24) is 4.57 Å². The molecule has 0 aliphatic heterocycles. The topological polar surface area (TPSA) is 31.2 Å². The molecule has 7 aromatic carbocycles. The average molecular weight is 662 g/mol. The number of fused-ring (bicyclic) bond motifs is 9. The molecule has 0 radical (unpaired) electrons. The third-order valence-corrected chi connectivity index (χ3v) is 10.7. The largest absolute Gasteiger partial charge is 0.456 e. The predicted octanol–water partition coefficient (Wildman–Crippen LogP) is 14.1. The number of furan rings is 2. The second-order valence-corrected chi connectivity index (χ2v) is 13.8. The molecule has 0 aliphatic rings. The first-order chi connectivity index (χ1) is 25.0. The van der Waals surface area contributed by atoms with Gasteiger partial charge in [0.15, 0.2) is 5.58 Å². The number of nitrogens with zero attached hydrogens (tertiary/aromatic N) is 1. The Labute approximate surface area is 297 Å². The molecule has 10 aromatic rings. The minimum atomic E-state index is 0.515. The molecule has 248 valence electrons. The van der Waals surface area contributed by atoms with Crippen LogP contribution in [0.1, 0.15) is 42.9 Å². The molecular weight excluding hydrogens is 623 g/mol. The molecule has 3 nitrogen and oxygen atoms in total. The Hall–Kier alpha value is -6.06. The van der Waals surface area contributed by atoms with Crippen molar-refractivity contribution < 1.29 is 8.83 Å². The minimum absolute atomic E-state index is 0.515. The minimum Gasteiger partial charge on any atom is -0.456 e. The van der Waals surface area contributed by atoms with E-state index in [9.17, 15) is 0 Å². The zero-order valence-corrected chi connectivity index (χ0v) is 29.4. The maximum Gasteiger partial charge on any atom is 0.159 e. The highest BCUT2D eigenvalue weighted by Crippen LogP contribution is 2.41. The molecule has 1 atom stereocenters. The highest BCUT2D eigenvalue weighted by molar-refractivity contribution is 6.17. The van der Waals surface area contributed by atoms with E-state index in [4.69, 9.17) is 8.83 Å². The van der Waals surface area contributed by atoms with E-state index in [1.807, 2.05) is 0 Å². The van der Waals surface area contributed by atoms with Crippen molar-refractivity contribution in [3.05, 3.63) is 162 Å². The van der Waals surface area contributed by atoms with Gasteiger partial charge in [0.25, 0.3) is 0 Å². The Balaban J connectivity index is 0.000000209. The molecular formula is C48H39NO2. The van der Waals surface area contributed by atoms with Crippen LogP contribution in [-0.4, -0.2) is 4.57 Å². The summed E-state index contributed by atoms with van der Waals surface area (Å²) in [5.74, 6) is 0.515. The summed E-state index contributed by atoms with van der Waals surface area (Å²) in [6, 6.07) is 51.5. The zero-order chi connectivity index (χ0) is 34.6. The van der Waals surface area contributed by atoms with Crippen LogP contribution in [0.15, 0.2) is 154 Å². The second-order valence-electron chi connectivity index (χ2n) is 13.8. The van der Waals surface area contributed by atoms with Gasteiger partial charge in [-0.3, -0.25) is 0 Å². The first-order valence-electron chi connectivity index (χ1n) is 17.9. The average Bonchev–Trinajstić information content (AvgIpc) is 3.83. The van der Waals surface area contributed by atoms with Crippen LogP contribution in [0.5, 0.6) is 0 Å². The summed E-state index contributed by atoms with van der Waals surface area (Å²) in [7, 11) is 0. The van der Waals surface area contributed by atoms with Gasteiger partial charge in [-0.2, -0.15) is 0 Å². The van der Waals surface area contributed by atoms with Crippen LogP contribution in [0.2, 0.25) is 0 Å². The Bertz CT molecular complexity index is 2800. The van der Waals surface area contributed by atoms with Crippen LogP contribution in [0.3, 0.4) is 0 Å². The molecule has 0 saturated heterocycles. The summed E-state index contributed by atoms with van der Waals surface area (Å²) in [4.78, 5) is 0. The fourth-order valence-corrected chi connectivity index (χ4v) is 7.72. The smallest absolute Gasteiger partial charge is 0.159 e. The molecule has 10 rings (SSSR count). The Morgan fingerprint density at radius 2 is 1.04 bits per heavy atom. The monoisotopic (exact) mass is 661 g/mol. The fourth-order valence-electron chi connectivity index (χ4n) is 7.72. The molecule has 0 amide bonds. The standard InChI is InChI=1S/C34H25NO2.C14H14/c1-3-20(2)21-15-16-31-25(17-21)27-18-26-24-11-8-14-30(34(24)37-33(26)19-32(27)36-31)35-28-12-6-4-9-22(28)23-10-5-7-13-29(23)35;1-11-7-3-5-9-13(11)14-10-6-4-8-12(14)2/h4-20H,3H2,1-2H3;3-10H,1-2H3. The van der Waals surface area contributed by atoms with Gasteiger partial charge in [0, 0.05) is 38.4 Å². The van der Waals surface area contributed by atoms with Crippen molar-refractivity contribution in [3.8, 4) is 16.8 Å². The number of para-hydroxylation sites is 3. The molecule has 3 heteroatoms. The Morgan fingerprint density at radius 3 is 1.69 bits per heavy atom. The van der Waals surface area contributed by atoms with Gasteiger partial charge >= 0.3 is 0 Å². The van der Waals surface area contributed by atoms with Gasteiger partial charge in [0.1, 0.15) is 16.7 Å². The highest BCUT2D eigenvalue weighted by Gasteiger charge is 2.19. The van der Waals surface area contributed by atoms with E-state index in [2.05, 4.69) is 178 Å². The van der Waals surface area contributed by atoms with Crippen molar-refractivity contribution in [2.24, 2.45) is 0 Å². The van der Waals surface area contributed by atoms with Crippen molar-refractivity contribution in [1.29, 1.82) is 0 Å². The summed E-state index contributed by atoms with van der Waals surface area (Å²) in [5, 5.41) is 7.02. The first kappa shape index (κ1) is 31.0. The number of aromatic nitrogens is 1. The van der Waals surface area contributed by atoms with E-state index in [1.165, 1.54) is 55.0 Å². The predicted molar refractivity (Wildman–Crippen MR) is 215 cm³/mol. The molecule has 0 N–H and O–H groups in total. The molecule has 51 heavy (non-hydrogen) atoms. The lowest BCUT2D eigenvalue weighted by atomic mass is 9.97. The van der Waals surface area contributed by atoms with Crippen LogP contribution in [-0.2, 0) is 0 Å². The molecule has 0 aliphatic carbocycles. The van der Waals surface area contributed by atoms with Crippen LogP contribution in [0, 0.1) is 13.8 Å². The van der Waals surface area contributed by atoms with Gasteiger partial charge in [0.05, 0.1) is 16.7 Å². The van der Waals surface area contributed by atoms with E-state index < -0.39 is 0 Å². The van der Waals surface area contributed by atoms with E-state index in [1.54, 1.807) is 0 Å². The third kappa shape index (κ3) is 5.11. The lowest BCUT2D eigenvalue weighted by Gasteiger charge is -2.08. The molecule has 0 saturated carbocycles. The van der Waals surface area contributed by atoms with Gasteiger partial charge < -0.3 is 13.4 Å². The van der Waals surface area contributed by atoms with E-state index >= 15 is 0 Å². The third-order valence-electron chi connectivity index (χ3n) is 10.7. The van der Waals surface area contributed by atoms with Gasteiger partial charge in [-0.15, -0.1) is 0 Å². The van der Waals surface area contributed by atoms with E-state index in [0.29, 0.717) is 5.92 Å². The summed E-state index contributed by atoms with van der Waals surface area (Å²) in [6.07, 6.45) is 1.11. The summed E-state index contributed by atoms with van der Waals surface area (Å²) >= 11 is 0. The number of rotatable bonds is 4. The van der Waals surface area contributed by atoms with Crippen LogP contribution in [0.4, 0.5) is 0 Å². The number of benzene rings is 7. The van der Waals surface area contributed by atoms with Crippen LogP contribution < -0.4 is 0 Å². The van der Waals surface area contributed by atoms with Crippen molar-refractivity contribution >= 4 is 65.7 Å². The Morgan fingerprint density at radius 1 is 0.490 bits per heavy atom. The zero-order valence-electron chi connectivity index (χ0n) is 29.4. The van der Waals surface area contributed by atoms with Crippen LogP contribution in [0.25, 0.3) is 82.5 Å². The van der Waals surface area contributed by atoms with Gasteiger partial charge in [-0.25, -0.2) is 0 Å². The maximum absolute atomic E-state index is 6.61. The van der Waals surface area contributed by atoms with Gasteiger partial charge in [-0.1, -0.05) is 117 Å². The summed E-state index contributed by atoms with van der Waals surface area (Å²) in [5.41, 5.74) is 13.6. The summed E-state index contributed by atoms with van der Waals surface area (Å²) < 4.78 is 15.2. The summed E-state index contributed by atoms with van der Waals surface area (Å²) in [6.45, 7) is 8.82. The molecule has 3 aromatic heterocycles. The molecule has 0 fully saturated rings. The maximum atomic E-state index is 6.61. The molecule has 3 heterocycles. The van der Waals surface area contributed by atoms with E-state index in [0.717, 1.165) is 50.6 Å². The molecule has 0 bridgehead atoms. The SMILES string of the molecule is CCC(C)c1ccc2oc3cc4oc5c(-n6c7ccccc7c7ccccc76)cccc5c4cc3c2c1.Cc1ccccc1-c1ccccc1C. The normalized spacial score (nSPS) is 12.3. The lowest BCUT2D eigenvalue weighted by Crippen LogP contribution is -1.93. The number of aryl methyl sites for hydroxylation is 2.